The Morgan fingerprint density at radius 3 is 2.88 bits per heavy atom. The van der Waals surface area contributed by atoms with E-state index in [0.717, 1.165) is 37.6 Å². The largest absolute Gasteiger partial charge is 0.461 e. The Bertz CT molecular complexity index is 867. The lowest BCUT2D eigenvalue weighted by Crippen LogP contribution is -2.21. The van der Waals surface area contributed by atoms with Crippen LogP contribution in [-0.2, 0) is 18.3 Å². The van der Waals surface area contributed by atoms with Crippen LogP contribution in [0.1, 0.15) is 22.8 Å². The topological polar surface area (TPSA) is 43.4 Å². The lowest BCUT2D eigenvalue weighted by atomic mass is 9.92. The van der Waals surface area contributed by atoms with Gasteiger partial charge in [-0.15, -0.1) is 0 Å². The second-order valence-corrected chi connectivity index (χ2v) is 7.10. The molecule has 0 bridgehead atoms. The summed E-state index contributed by atoms with van der Waals surface area (Å²) in [5, 5.41) is 5.58. The summed E-state index contributed by atoms with van der Waals surface area (Å²) in [5.74, 6) is 1.98. The van der Waals surface area contributed by atoms with Crippen molar-refractivity contribution in [3.05, 3.63) is 53.5 Å². The van der Waals surface area contributed by atoms with Crippen LogP contribution in [0, 0.1) is 12.8 Å². The van der Waals surface area contributed by atoms with Crippen molar-refractivity contribution in [1.29, 1.82) is 0 Å². The first-order valence-corrected chi connectivity index (χ1v) is 8.82. The number of hydrogen-bond acceptors (Lipinski definition) is 4. The van der Waals surface area contributed by atoms with Crippen LogP contribution < -0.4 is 0 Å². The average molecular weight is 339 g/mol. The molecule has 1 aliphatic heterocycles. The molecule has 1 aromatic carbocycles. The molecule has 1 saturated heterocycles. The average Bonchev–Trinajstić information content (AvgIpc) is 3.27. The molecule has 1 aliphatic rings. The van der Waals surface area contributed by atoms with E-state index >= 15 is 0 Å². The fraction of sp³-hybridized carbons (Fsp3) is 0.450. The molecule has 5 nitrogen and oxygen atoms in total. The Hall–Kier alpha value is -2.11. The summed E-state index contributed by atoms with van der Waals surface area (Å²) in [6, 6.07) is 8.30. The number of rotatable bonds is 5. The van der Waals surface area contributed by atoms with Gasteiger partial charge in [0, 0.05) is 62.8 Å². The first-order valence-electron chi connectivity index (χ1n) is 8.82. The summed E-state index contributed by atoms with van der Waals surface area (Å²) in [5.41, 5.74) is 3.59. The minimum absolute atomic E-state index is 0.465. The van der Waals surface area contributed by atoms with Crippen molar-refractivity contribution in [3.63, 3.8) is 0 Å². The molecule has 5 heteroatoms. The van der Waals surface area contributed by atoms with Gasteiger partial charge in [-0.2, -0.15) is 5.10 Å². The summed E-state index contributed by atoms with van der Waals surface area (Å²) in [6.07, 6.45) is 4.13. The summed E-state index contributed by atoms with van der Waals surface area (Å²) >= 11 is 0. The Morgan fingerprint density at radius 1 is 1.28 bits per heavy atom. The normalized spacial score (nSPS) is 21.4. The van der Waals surface area contributed by atoms with Crippen molar-refractivity contribution >= 4 is 11.0 Å². The van der Waals surface area contributed by atoms with Crippen molar-refractivity contribution in [2.24, 2.45) is 13.0 Å². The molecule has 0 radical (unpaired) electrons. The first kappa shape index (κ1) is 16.4. The predicted molar refractivity (Wildman–Crippen MR) is 97.5 cm³/mol. The Kier molecular flexibility index (Phi) is 4.36. The van der Waals surface area contributed by atoms with Gasteiger partial charge in [0.15, 0.2) is 0 Å². The van der Waals surface area contributed by atoms with Crippen LogP contribution in [0.25, 0.3) is 11.0 Å². The summed E-state index contributed by atoms with van der Waals surface area (Å²) in [4.78, 5) is 2.52. The molecule has 4 rings (SSSR count). The van der Waals surface area contributed by atoms with E-state index < -0.39 is 0 Å². The van der Waals surface area contributed by atoms with E-state index in [1.54, 1.807) is 7.11 Å². The Labute approximate surface area is 148 Å². The molecule has 2 atom stereocenters. The molecule has 132 valence electrons. The zero-order valence-corrected chi connectivity index (χ0v) is 15.1. The zero-order chi connectivity index (χ0) is 17.4. The van der Waals surface area contributed by atoms with E-state index in [2.05, 4.69) is 35.3 Å². The van der Waals surface area contributed by atoms with Crippen LogP contribution >= 0.6 is 0 Å². The van der Waals surface area contributed by atoms with Crippen molar-refractivity contribution in [1.82, 2.24) is 14.7 Å². The summed E-state index contributed by atoms with van der Waals surface area (Å²) < 4.78 is 13.3. The quantitative estimate of drug-likeness (QED) is 0.715. The number of hydrogen-bond donors (Lipinski definition) is 0. The third kappa shape index (κ3) is 3.10. The summed E-state index contributed by atoms with van der Waals surface area (Å²) in [6.45, 7) is 5.82. The number of ether oxygens (including phenoxy) is 1. The highest BCUT2D eigenvalue weighted by Gasteiger charge is 2.35. The predicted octanol–water partition coefficient (Wildman–Crippen LogP) is 3.34. The second-order valence-electron chi connectivity index (χ2n) is 7.10. The molecule has 3 aromatic rings. The highest BCUT2D eigenvalue weighted by atomic mass is 16.5. The van der Waals surface area contributed by atoms with Crippen LogP contribution in [0.4, 0.5) is 0 Å². The molecule has 0 spiro atoms. The van der Waals surface area contributed by atoms with E-state index in [1.165, 1.54) is 16.5 Å². The number of likely N-dealkylation sites (tertiary alicyclic amines) is 1. The molecular weight excluding hydrogens is 314 g/mol. The fourth-order valence-corrected chi connectivity index (χ4v) is 4.12. The standard InChI is InChI=1S/C20H25N3O2/c1-14-18(17-6-4-5-7-20(17)25-14)11-23-10-16(13-24-3)19(12-23)15-8-21-22(2)9-15/h4-9,16,19H,10-13H2,1-3H3/t16-,19-/m0/s1. The minimum atomic E-state index is 0.465. The SMILES string of the molecule is COC[C@@H]1CN(Cc2c(C)oc3ccccc23)C[C@H]1c1cnn(C)c1. The molecule has 0 saturated carbocycles. The maximum atomic E-state index is 5.93. The fourth-order valence-electron chi connectivity index (χ4n) is 4.12. The molecule has 0 unspecified atom stereocenters. The number of aryl methyl sites for hydroxylation is 2. The Morgan fingerprint density at radius 2 is 2.12 bits per heavy atom. The highest BCUT2D eigenvalue weighted by Crippen LogP contribution is 2.35. The van der Waals surface area contributed by atoms with Gasteiger partial charge >= 0.3 is 0 Å². The smallest absolute Gasteiger partial charge is 0.134 e. The first-order chi connectivity index (χ1) is 12.2. The van der Waals surface area contributed by atoms with Gasteiger partial charge in [0.1, 0.15) is 11.3 Å². The van der Waals surface area contributed by atoms with Gasteiger partial charge in [-0.05, 0) is 18.6 Å². The van der Waals surface area contributed by atoms with Gasteiger partial charge < -0.3 is 9.15 Å². The third-order valence-corrected chi connectivity index (χ3v) is 5.33. The number of fused-ring (bicyclic) bond motifs is 1. The molecule has 2 aromatic heterocycles. The van der Waals surface area contributed by atoms with E-state index in [1.807, 2.05) is 30.1 Å². The van der Waals surface area contributed by atoms with Crippen LogP contribution in [0.5, 0.6) is 0 Å². The third-order valence-electron chi connectivity index (χ3n) is 5.33. The van der Waals surface area contributed by atoms with Crippen LogP contribution in [0.3, 0.4) is 0 Å². The van der Waals surface area contributed by atoms with Crippen LogP contribution in [-0.4, -0.2) is 41.5 Å². The molecule has 25 heavy (non-hydrogen) atoms. The van der Waals surface area contributed by atoms with Crippen LogP contribution in [0.15, 0.2) is 41.1 Å². The molecular formula is C20H25N3O2. The van der Waals surface area contributed by atoms with Crippen LogP contribution in [0.2, 0.25) is 0 Å². The van der Waals surface area contributed by atoms with E-state index in [4.69, 9.17) is 9.15 Å². The maximum absolute atomic E-state index is 5.93. The van der Waals surface area contributed by atoms with Gasteiger partial charge in [-0.1, -0.05) is 18.2 Å². The van der Waals surface area contributed by atoms with Crippen molar-refractivity contribution in [2.45, 2.75) is 19.4 Å². The van der Waals surface area contributed by atoms with Crippen molar-refractivity contribution in [3.8, 4) is 0 Å². The highest BCUT2D eigenvalue weighted by molar-refractivity contribution is 5.82. The number of aromatic nitrogens is 2. The molecule has 0 aliphatic carbocycles. The zero-order valence-electron chi connectivity index (χ0n) is 15.1. The molecule has 0 amide bonds. The van der Waals surface area contributed by atoms with Crippen molar-refractivity contribution in [2.75, 3.05) is 26.8 Å². The lowest BCUT2D eigenvalue weighted by molar-refractivity contribution is 0.147. The van der Waals surface area contributed by atoms with Gasteiger partial charge in [0.2, 0.25) is 0 Å². The number of furan rings is 1. The lowest BCUT2D eigenvalue weighted by Gasteiger charge is -2.15. The van der Waals surface area contributed by atoms with Gasteiger partial charge in [0.05, 0.1) is 12.8 Å². The summed E-state index contributed by atoms with van der Waals surface area (Å²) in [7, 11) is 3.76. The monoisotopic (exact) mass is 339 g/mol. The van der Waals surface area contributed by atoms with Gasteiger partial charge in [-0.25, -0.2) is 0 Å². The number of para-hydroxylation sites is 1. The van der Waals surface area contributed by atoms with Crippen molar-refractivity contribution < 1.29 is 9.15 Å². The van der Waals surface area contributed by atoms with Gasteiger partial charge in [0.25, 0.3) is 0 Å². The Balaban J connectivity index is 1.57. The number of methoxy groups -OCH3 is 1. The number of nitrogens with zero attached hydrogens (tertiary/aromatic N) is 3. The second kappa shape index (κ2) is 6.65. The van der Waals surface area contributed by atoms with E-state index in [0.29, 0.717) is 11.8 Å². The minimum Gasteiger partial charge on any atom is -0.461 e. The molecule has 0 N–H and O–H groups in total. The van der Waals surface area contributed by atoms with Gasteiger partial charge in [-0.3, -0.25) is 9.58 Å². The van der Waals surface area contributed by atoms with E-state index in [-0.39, 0.29) is 0 Å². The maximum Gasteiger partial charge on any atom is 0.134 e. The van der Waals surface area contributed by atoms with E-state index in [9.17, 15) is 0 Å². The molecule has 3 heterocycles. The number of benzene rings is 1. The molecule has 1 fully saturated rings.